The predicted octanol–water partition coefficient (Wildman–Crippen LogP) is 2.57. The Kier molecular flexibility index (Phi) is 4.31. The van der Waals surface area contributed by atoms with E-state index in [-0.39, 0.29) is 11.3 Å². The van der Waals surface area contributed by atoms with Gasteiger partial charge in [0.05, 0.1) is 18.2 Å². The third-order valence-corrected chi connectivity index (χ3v) is 3.97. The molecular weight excluding hydrogens is 320 g/mol. The van der Waals surface area contributed by atoms with Gasteiger partial charge in [0.15, 0.2) is 0 Å². The van der Waals surface area contributed by atoms with Crippen LogP contribution in [0.2, 0.25) is 0 Å². The van der Waals surface area contributed by atoms with Crippen molar-refractivity contribution in [1.29, 1.82) is 0 Å². The van der Waals surface area contributed by atoms with Crippen molar-refractivity contribution in [1.82, 2.24) is 15.0 Å². The van der Waals surface area contributed by atoms with E-state index >= 15 is 0 Å². The number of ether oxygens (including phenoxy) is 1. The molecule has 0 aliphatic heterocycles. The molecule has 7 nitrogen and oxygen atoms in total. The van der Waals surface area contributed by atoms with E-state index < -0.39 is 5.91 Å². The Morgan fingerprint density at radius 1 is 1.28 bits per heavy atom. The standard InChI is InChI=1S/C18H20N4O3/c1-10(2)9-22-12-8-7-11(18(19)24)15(17(12)20-21-22)16-13(23)5-4-6-14(16)25-3/h4-8,10,23H,9H2,1-3H3,(H2,19,24). The van der Waals surface area contributed by atoms with Gasteiger partial charge in [-0.2, -0.15) is 0 Å². The molecule has 0 spiro atoms. The van der Waals surface area contributed by atoms with E-state index in [1.54, 1.807) is 28.9 Å². The highest BCUT2D eigenvalue weighted by atomic mass is 16.5. The zero-order valence-electron chi connectivity index (χ0n) is 14.4. The van der Waals surface area contributed by atoms with Gasteiger partial charge in [-0.1, -0.05) is 25.1 Å². The third-order valence-electron chi connectivity index (χ3n) is 3.97. The van der Waals surface area contributed by atoms with Gasteiger partial charge in [0.25, 0.3) is 0 Å². The SMILES string of the molecule is COc1cccc(O)c1-c1c(C(N)=O)ccc2c1nnn2CC(C)C. The zero-order chi connectivity index (χ0) is 18.1. The number of rotatable bonds is 5. The molecule has 0 saturated carbocycles. The first-order valence-electron chi connectivity index (χ1n) is 7.96. The molecule has 1 amide bonds. The lowest BCUT2D eigenvalue weighted by molar-refractivity contribution is 0.100. The molecule has 0 aliphatic rings. The Morgan fingerprint density at radius 3 is 2.68 bits per heavy atom. The second-order valence-corrected chi connectivity index (χ2v) is 6.24. The van der Waals surface area contributed by atoms with E-state index in [2.05, 4.69) is 24.2 Å². The summed E-state index contributed by atoms with van der Waals surface area (Å²) in [5, 5.41) is 18.9. The van der Waals surface area contributed by atoms with E-state index in [0.29, 0.717) is 34.9 Å². The topological polar surface area (TPSA) is 103 Å². The Bertz CT molecular complexity index is 947. The number of carbonyl (C=O) groups is 1. The minimum absolute atomic E-state index is 0.0206. The minimum atomic E-state index is -0.611. The quantitative estimate of drug-likeness (QED) is 0.743. The van der Waals surface area contributed by atoms with Crippen LogP contribution in [-0.4, -0.2) is 33.1 Å². The monoisotopic (exact) mass is 340 g/mol. The summed E-state index contributed by atoms with van der Waals surface area (Å²) in [6.45, 7) is 4.85. The van der Waals surface area contributed by atoms with Crippen LogP contribution >= 0.6 is 0 Å². The summed E-state index contributed by atoms with van der Waals surface area (Å²) in [6.07, 6.45) is 0. The minimum Gasteiger partial charge on any atom is -0.507 e. The molecule has 3 N–H and O–H groups in total. The Morgan fingerprint density at radius 2 is 2.04 bits per heavy atom. The summed E-state index contributed by atoms with van der Waals surface area (Å²) in [5.41, 5.74) is 7.87. The van der Waals surface area contributed by atoms with Gasteiger partial charge in [-0.3, -0.25) is 4.79 Å². The number of benzene rings is 2. The van der Waals surface area contributed by atoms with Gasteiger partial charge in [0.2, 0.25) is 5.91 Å². The first-order valence-corrected chi connectivity index (χ1v) is 7.96. The van der Waals surface area contributed by atoms with Crippen LogP contribution in [0.25, 0.3) is 22.2 Å². The van der Waals surface area contributed by atoms with E-state index in [1.807, 2.05) is 0 Å². The number of amides is 1. The van der Waals surface area contributed by atoms with Gasteiger partial charge in [0, 0.05) is 17.7 Å². The summed E-state index contributed by atoms with van der Waals surface area (Å²) in [5.74, 6) is 0.172. The van der Waals surface area contributed by atoms with Crippen molar-refractivity contribution in [3.8, 4) is 22.6 Å². The maximum atomic E-state index is 12.0. The summed E-state index contributed by atoms with van der Waals surface area (Å²) in [7, 11) is 1.50. The molecule has 0 fully saturated rings. The van der Waals surface area contributed by atoms with Crippen molar-refractivity contribution in [3.63, 3.8) is 0 Å². The molecule has 1 aromatic heterocycles. The molecule has 3 aromatic rings. The van der Waals surface area contributed by atoms with Gasteiger partial charge < -0.3 is 15.6 Å². The van der Waals surface area contributed by atoms with Crippen LogP contribution in [0.3, 0.4) is 0 Å². The lowest BCUT2D eigenvalue weighted by Crippen LogP contribution is -2.13. The number of fused-ring (bicyclic) bond motifs is 1. The Hall–Kier alpha value is -3.09. The van der Waals surface area contributed by atoms with Crippen LogP contribution in [0.1, 0.15) is 24.2 Å². The number of aromatic hydroxyl groups is 1. The number of phenolic OH excluding ortho intramolecular Hbond substituents is 1. The van der Waals surface area contributed by atoms with Crippen LogP contribution < -0.4 is 10.5 Å². The molecule has 25 heavy (non-hydrogen) atoms. The van der Waals surface area contributed by atoms with E-state index in [0.717, 1.165) is 5.52 Å². The Balaban J connectivity index is 2.38. The first-order chi connectivity index (χ1) is 11.9. The number of hydrogen-bond donors (Lipinski definition) is 2. The van der Waals surface area contributed by atoms with Crippen molar-refractivity contribution in [2.45, 2.75) is 20.4 Å². The van der Waals surface area contributed by atoms with Crippen molar-refractivity contribution < 1.29 is 14.6 Å². The van der Waals surface area contributed by atoms with E-state index in [4.69, 9.17) is 10.5 Å². The maximum Gasteiger partial charge on any atom is 0.249 e. The van der Waals surface area contributed by atoms with Crippen molar-refractivity contribution in [2.75, 3.05) is 7.11 Å². The second-order valence-electron chi connectivity index (χ2n) is 6.24. The van der Waals surface area contributed by atoms with Gasteiger partial charge in [-0.05, 0) is 30.2 Å². The number of hydrogen-bond acceptors (Lipinski definition) is 5. The van der Waals surface area contributed by atoms with Crippen LogP contribution in [0, 0.1) is 5.92 Å². The molecule has 0 radical (unpaired) electrons. The molecule has 130 valence electrons. The highest BCUT2D eigenvalue weighted by molar-refractivity contribution is 6.09. The number of aromatic nitrogens is 3. The molecule has 0 bridgehead atoms. The third kappa shape index (κ3) is 2.88. The van der Waals surface area contributed by atoms with Gasteiger partial charge in [-0.25, -0.2) is 4.68 Å². The average Bonchev–Trinajstić information content (AvgIpc) is 2.96. The fraction of sp³-hybridized carbons (Fsp3) is 0.278. The highest BCUT2D eigenvalue weighted by Gasteiger charge is 2.23. The highest BCUT2D eigenvalue weighted by Crippen LogP contribution is 2.42. The van der Waals surface area contributed by atoms with Crippen molar-refractivity contribution >= 4 is 16.9 Å². The van der Waals surface area contributed by atoms with Crippen LogP contribution in [-0.2, 0) is 6.54 Å². The van der Waals surface area contributed by atoms with Crippen LogP contribution in [0.4, 0.5) is 0 Å². The number of primary amides is 1. The van der Waals surface area contributed by atoms with E-state index in [9.17, 15) is 9.90 Å². The van der Waals surface area contributed by atoms with Crippen molar-refractivity contribution in [2.24, 2.45) is 11.7 Å². The molecule has 3 rings (SSSR count). The fourth-order valence-corrected chi connectivity index (χ4v) is 2.92. The molecule has 0 atom stereocenters. The first kappa shape index (κ1) is 16.8. The summed E-state index contributed by atoms with van der Waals surface area (Å²) >= 11 is 0. The predicted molar refractivity (Wildman–Crippen MR) is 94.5 cm³/mol. The summed E-state index contributed by atoms with van der Waals surface area (Å²) in [4.78, 5) is 12.0. The average molecular weight is 340 g/mol. The molecule has 2 aromatic carbocycles. The number of methoxy groups -OCH3 is 1. The number of nitrogens with two attached hydrogens (primary N) is 1. The van der Waals surface area contributed by atoms with Crippen LogP contribution in [0.5, 0.6) is 11.5 Å². The Labute approximate surface area is 145 Å². The summed E-state index contributed by atoms with van der Waals surface area (Å²) in [6, 6.07) is 8.30. The van der Waals surface area contributed by atoms with Gasteiger partial charge >= 0.3 is 0 Å². The van der Waals surface area contributed by atoms with Crippen molar-refractivity contribution in [3.05, 3.63) is 35.9 Å². The van der Waals surface area contributed by atoms with E-state index in [1.165, 1.54) is 13.2 Å². The fourth-order valence-electron chi connectivity index (χ4n) is 2.92. The molecular formula is C18H20N4O3. The lowest BCUT2D eigenvalue weighted by atomic mass is 9.95. The summed E-state index contributed by atoms with van der Waals surface area (Å²) < 4.78 is 7.15. The molecule has 0 saturated heterocycles. The normalized spacial score (nSPS) is 11.2. The molecule has 7 heteroatoms. The van der Waals surface area contributed by atoms with Crippen LogP contribution in [0.15, 0.2) is 30.3 Å². The zero-order valence-corrected chi connectivity index (χ0v) is 14.4. The lowest BCUT2D eigenvalue weighted by Gasteiger charge is -2.14. The molecule has 0 unspecified atom stereocenters. The maximum absolute atomic E-state index is 12.0. The largest absolute Gasteiger partial charge is 0.507 e. The van der Waals surface area contributed by atoms with Gasteiger partial charge in [-0.15, -0.1) is 5.10 Å². The second kappa shape index (κ2) is 6.43. The molecule has 0 aliphatic carbocycles. The number of nitrogens with zero attached hydrogens (tertiary/aromatic N) is 3. The smallest absolute Gasteiger partial charge is 0.249 e. The number of phenols is 1. The molecule has 1 heterocycles. The number of carbonyl (C=O) groups excluding carboxylic acids is 1. The van der Waals surface area contributed by atoms with Gasteiger partial charge in [0.1, 0.15) is 17.0 Å².